The van der Waals surface area contributed by atoms with E-state index in [1.807, 2.05) is 0 Å². The van der Waals surface area contributed by atoms with E-state index in [2.05, 4.69) is 20.4 Å². The van der Waals surface area contributed by atoms with Gasteiger partial charge in [-0.3, -0.25) is 4.79 Å². The highest BCUT2D eigenvalue weighted by Crippen LogP contribution is 2.42. The SMILES string of the molecule is CC(C)(COc1ncccc1OC(F)(F)F)C(=O)NC1CCNC2(CC2)C1. The Morgan fingerprint density at radius 2 is 2.15 bits per heavy atom. The first-order valence-corrected chi connectivity index (χ1v) is 8.98. The van der Waals surface area contributed by atoms with Crippen molar-refractivity contribution in [1.82, 2.24) is 15.6 Å². The summed E-state index contributed by atoms with van der Waals surface area (Å²) in [5.74, 6) is -1.02. The molecule has 1 unspecified atom stereocenters. The van der Waals surface area contributed by atoms with E-state index >= 15 is 0 Å². The lowest BCUT2D eigenvalue weighted by Crippen LogP contribution is -2.52. The van der Waals surface area contributed by atoms with Crippen molar-refractivity contribution >= 4 is 5.91 Å². The van der Waals surface area contributed by atoms with Gasteiger partial charge < -0.3 is 20.1 Å². The Labute approximate surface area is 155 Å². The Balaban J connectivity index is 1.57. The molecule has 9 heteroatoms. The normalized spacial score (nSPS) is 21.6. The van der Waals surface area contributed by atoms with Gasteiger partial charge in [0.25, 0.3) is 5.88 Å². The van der Waals surface area contributed by atoms with E-state index < -0.39 is 17.5 Å². The molecule has 0 aromatic carbocycles. The van der Waals surface area contributed by atoms with Crippen molar-refractivity contribution < 1.29 is 27.4 Å². The lowest BCUT2D eigenvalue weighted by Gasteiger charge is -2.33. The molecule has 3 rings (SSSR count). The summed E-state index contributed by atoms with van der Waals surface area (Å²) in [7, 11) is 0. The van der Waals surface area contributed by atoms with Crippen LogP contribution in [0.1, 0.15) is 39.5 Å². The summed E-state index contributed by atoms with van der Waals surface area (Å²) in [6.07, 6.45) is 0.479. The number of nitrogens with one attached hydrogen (secondary N) is 2. The van der Waals surface area contributed by atoms with Gasteiger partial charge in [-0.1, -0.05) is 0 Å². The number of halogens is 3. The maximum absolute atomic E-state index is 12.7. The first-order chi connectivity index (χ1) is 12.6. The van der Waals surface area contributed by atoms with Crippen LogP contribution < -0.4 is 20.1 Å². The molecule has 1 saturated heterocycles. The second-order valence-corrected chi connectivity index (χ2v) is 7.90. The number of carbonyl (C=O) groups excluding carboxylic acids is 1. The molecule has 150 valence electrons. The van der Waals surface area contributed by atoms with Gasteiger partial charge in [0.2, 0.25) is 5.91 Å². The van der Waals surface area contributed by atoms with Crippen LogP contribution in [0.15, 0.2) is 18.3 Å². The second-order valence-electron chi connectivity index (χ2n) is 7.90. The van der Waals surface area contributed by atoms with Crippen LogP contribution >= 0.6 is 0 Å². The largest absolute Gasteiger partial charge is 0.573 e. The van der Waals surface area contributed by atoms with E-state index in [1.165, 1.54) is 12.3 Å². The smallest absolute Gasteiger partial charge is 0.474 e. The Bertz CT molecular complexity index is 690. The van der Waals surface area contributed by atoms with Crippen LogP contribution in [0.2, 0.25) is 0 Å². The van der Waals surface area contributed by atoms with E-state index in [0.29, 0.717) is 0 Å². The predicted octanol–water partition coefficient (Wildman–Crippen LogP) is 2.79. The van der Waals surface area contributed by atoms with E-state index in [-0.39, 0.29) is 30.0 Å². The summed E-state index contributed by atoms with van der Waals surface area (Å²) < 4.78 is 46.7. The van der Waals surface area contributed by atoms with E-state index in [1.54, 1.807) is 13.8 Å². The van der Waals surface area contributed by atoms with Crippen LogP contribution in [0.3, 0.4) is 0 Å². The highest BCUT2D eigenvalue weighted by atomic mass is 19.4. The molecule has 1 aromatic heterocycles. The number of pyridine rings is 1. The number of alkyl halides is 3. The zero-order chi connectivity index (χ0) is 19.7. The topological polar surface area (TPSA) is 72.5 Å². The molecule has 1 aromatic rings. The van der Waals surface area contributed by atoms with E-state index in [0.717, 1.165) is 38.3 Å². The molecular weight excluding hydrogens is 363 g/mol. The van der Waals surface area contributed by atoms with Crippen molar-refractivity contribution in [2.75, 3.05) is 13.2 Å². The van der Waals surface area contributed by atoms with Gasteiger partial charge >= 0.3 is 6.36 Å². The van der Waals surface area contributed by atoms with Crippen LogP contribution in [-0.2, 0) is 4.79 Å². The molecule has 1 atom stereocenters. The summed E-state index contributed by atoms with van der Waals surface area (Å²) in [4.78, 5) is 16.4. The molecule has 2 N–H and O–H groups in total. The first kappa shape index (κ1) is 19.7. The number of aromatic nitrogens is 1. The molecule has 2 fully saturated rings. The Morgan fingerprint density at radius 3 is 2.81 bits per heavy atom. The van der Waals surface area contributed by atoms with Gasteiger partial charge in [0.1, 0.15) is 6.61 Å². The number of nitrogens with zero attached hydrogens (tertiary/aromatic N) is 1. The van der Waals surface area contributed by atoms with Crippen molar-refractivity contribution in [2.24, 2.45) is 5.41 Å². The average molecular weight is 387 g/mol. The molecule has 27 heavy (non-hydrogen) atoms. The quantitative estimate of drug-likeness (QED) is 0.785. The molecule has 1 aliphatic heterocycles. The number of rotatable bonds is 6. The Morgan fingerprint density at radius 1 is 1.41 bits per heavy atom. The zero-order valence-corrected chi connectivity index (χ0v) is 15.4. The maximum Gasteiger partial charge on any atom is 0.573 e. The molecule has 1 spiro atoms. The lowest BCUT2D eigenvalue weighted by molar-refractivity contribution is -0.275. The summed E-state index contributed by atoms with van der Waals surface area (Å²) in [5, 5.41) is 6.55. The van der Waals surface area contributed by atoms with Crippen molar-refractivity contribution in [3.8, 4) is 11.6 Å². The first-order valence-electron chi connectivity index (χ1n) is 8.98. The third kappa shape index (κ3) is 5.24. The molecule has 2 heterocycles. The van der Waals surface area contributed by atoms with Crippen LogP contribution in [-0.4, -0.2) is 42.0 Å². The van der Waals surface area contributed by atoms with Crippen LogP contribution in [0.4, 0.5) is 13.2 Å². The number of hydrogen-bond acceptors (Lipinski definition) is 5. The molecule has 0 bridgehead atoms. The minimum absolute atomic E-state index is 0.0968. The van der Waals surface area contributed by atoms with Crippen molar-refractivity contribution in [2.45, 2.75) is 57.5 Å². The van der Waals surface area contributed by atoms with Gasteiger partial charge in [0, 0.05) is 17.8 Å². The molecule has 1 amide bonds. The summed E-state index contributed by atoms with van der Waals surface area (Å²) in [5.41, 5.74) is -0.747. The minimum Gasteiger partial charge on any atom is -0.474 e. The number of hydrogen-bond donors (Lipinski definition) is 2. The monoisotopic (exact) mass is 387 g/mol. The van der Waals surface area contributed by atoms with Crippen LogP contribution in [0.5, 0.6) is 11.6 Å². The third-order valence-electron chi connectivity index (χ3n) is 4.97. The third-order valence-corrected chi connectivity index (χ3v) is 4.97. The zero-order valence-electron chi connectivity index (χ0n) is 15.4. The minimum atomic E-state index is -4.85. The fourth-order valence-corrected chi connectivity index (χ4v) is 3.19. The molecule has 2 aliphatic rings. The van der Waals surface area contributed by atoms with Gasteiger partial charge in [-0.05, 0) is 58.2 Å². The summed E-state index contributed by atoms with van der Waals surface area (Å²) in [6, 6.07) is 2.53. The predicted molar refractivity (Wildman–Crippen MR) is 91.3 cm³/mol. The van der Waals surface area contributed by atoms with E-state index in [4.69, 9.17) is 4.74 Å². The molecular formula is C18H24F3N3O3. The number of amides is 1. The van der Waals surface area contributed by atoms with Crippen LogP contribution in [0.25, 0.3) is 0 Å². The number of carbonyl (C=O) groups is 1. The fourth-order valence-electron chi connectivity index (χ4n) is 3.19. The summed E-state index contributed by atoms with van der Waals surface area (Å²) >= 11 is 0. The second kappa shape index (κ2) is 7.18. The molecule has 0 radical (unpaired) electrons. The Hall–Kier alpha value is -2.03. The highest BCUT2D eigenvalue weighted by Gasteiger charge is 2.46. The number of piperidine rings is 1. The average Bonchev–Trinajstić information content (AvgIpc) is 3.31. The van der Waals surface area contributed by atoms with Gasteiger partial charge in [0.15, 0.2) is 5.75 Å². The van der Waals surface area contributed by atoms with Gasteiger partial charge in [-0.2, -0.15) is 0 Å². The van der Waals surface area contributed by atoms with Crippen molar-refractivity contribution in [3.05, 3.63) is 18.3 Å². The van der Waals surface area contributed by atoms with Crippen molar-refractivity contribution in [3.63, 3.8) is 0 Å². The van der Waals surface area contributed by atoms with Gasteiger partial charge in [-0.15, -0.1) is 13.2 Å². The number of ether oxygens (including phenoxy) is 2. The standard InChI is InChI=1S/C18H24F3N3O3/c1-16(2,15(25)24-12-5-9-23-17(10-12)6-7-17)11-26-14-13(4-3-8-22-14)27-18(19,20)21/h3-4,8,12,23H,5-7,9-11H2,1-2H3,(H,24,25). The van der Waals surface area contributed by atoms with E-state index in [9.17, 15) is 18.0 Å². The molecule has 1 saturated carbocycles. The fraction of sp³-hybridized carbons (Fsp3) is 0.667. The molecule has 1 aliphatic carbocycles. The van der Waals surface area contributed by atoms with Gasteiger partial charge in [-0.25, -0.2) is 4.98 Å². The molecule has 6 nitrogen and oxygen atoms in total. The highest BCUT2D eigenvalue weighted by molar-refractivity contribution is 5.82. The van der Waals surface area contributed by atoms with Crippen molar-refractivity contribution in [1.29, 1.82) is 0 Å². The lowest BCUT2D eigenvalue weighted by atomic mass is 9.91. The van der Waals surface area contributed by atoms with Crippen LogP contribution in [0, 0.1) is 5.41 Å². The Kier molecular flexibility index (Phi) is 5.24. The summed E-state index contributed by atoms with van der Waals surface area (Å²) in [6.45, 7) is 4.11. The van der Waals surface area contributed by atoms with Gasteiger partial charge in [0.05, 0.1) is 5.41 Å². The maximum atomic E-state index is 12.7.